The maximum absolute atomic E-state index is 14.4. The van der Waals surface area contributed by atoms with Gasteiger partial charge in [-0.1, -0.05) is 60.7 Å². The molecule has 0 aliphatic rings. The fourth-order valence-electron chi connectivity index (χ4n) is 6.35. The van der Waals surface area contributed by atoms with Crippen molar-refractivity contribution in [1.29, 1.82) is 0 Å². The van der Waals surface area contributed by atoms with E-state index in [1.165, 1.54) is 40.6 Å². The molecule has 6 rings (SSSR count). The number of amides is 1. The van der Waals surface area contributed by atoms with Crippen LogP contribution in [0, 0.1) is 6.92 Å². The maximum atomic E-state index is 14.4. The minimum Gasteiger partial charge on any atom is -0.453 e. The van der Waals surface area contributed by atoms with Crippen molar-refractivity contribution in [2.75, 3.05) is 19.5 Å². The fourth-order valence-corrected chi connectivity index (χ4v) is 9.98. The van der Waals surface area contributed by atoms with E-state index in [9.17, 15) is 23.1 Å². The van der Waals surface area contributed by atoms with Gasteiger partial charge in [-0.3, -0.25) is 14.5 Å². The first kappa shape index (κ1) is 38.8. The molecule has 0 spiro atoms. The van der Waals surface area contributed by atoms with Crippen LogP contribution in [-0.4, -0.2) is 81.0 Å². The number of thioether (sulfide) groups is 1. The summed E-state index contributed by atoms with van der Waals surface area (Å²) < 4.78 is 37.4. The first-order valence-corrected chi connectivity index (χ1v) is 20.4. The normalized spacial score (nSPS) is 12.9. The van der Waals surface area contributed by atoms with Crippen LogP contribution in [0.3, 0.4) is 0 Å². The number of nitrogens with one attached hydrogen (secondary N) is 1. The van der Waals surface area contributed by atoms with Crippen LogP contribution in [0.1, 0.15) is 33.9 Å². The first-order valence-electron chi connectivity index (χ1n) is 17.1. The zero-order chi connectivity index (χ0) is 38.2. The zero-order valence-electron chi connectivity index (χ0n) is 29.9. The third-order valence-electron chi connectivity index (χ3n) is 9.08. The number of sulfonamides is 1. The number of thiazole rings is 1. The minimum atomic E-state index is -4.13. The summed E-state index contributed by atoms with van der Waals surface area (Å²) in [5, 5.41) is 18.0. The van der Waals surface area contributed by atoms with Crippen molar-refractivity contribution < 1.29 is 27.9 Å². The van der Waals surface area contributed by atoms with Crippen LogP contribution in [0.25, 0.3) is 10.2 Å². The highest BCUT2D eigenvalue weighted by atomic mass is 32.2. The van der Waals surface area contributed by atoms with Gasteiger partial charge in [0.2, 0.25) is 10.0 Å². The molecule has 0 aliphatic carbocycles. The third-order valence-corrected chi connectivity index (χ3v) is 13.0. The van der Waals surface area contributed by atoms with Gasteiger partial charge < -0.3 is 15.2 Å². The molecule has 2 atom stereocenters. The number of aliphatic hydroxyl groups is 1. The highest BCUT2D eigenvalue weighted by molar-refractivity contribution is 7.99. The largest absolute Gasteiger partial charge is 0.453 e. The van der Waals surface area contributed by atoms with Crippen LogP contribution in [0.15, 0.2) is 119 Å². The Kier molecular flexibility index (Phi) is 12.6. The van der Waals surface area contributed by atoms with Crippen molar-refractivity contribution in [3.05, 3.63) is 137 Å². The van der Waals surface area contributed by atoms with Crippen LogP contribution >= 0.6 is 23.1 Å². The lowest BCUT2D eigenvalue weighted by atomic mass is 9.82. The quantitative estimate of drug-likeness (QED) is 0.116. The number of ketones is 1. The summed E-state index contributed by atoms with van der Waals surface area (Å²) in [7, 11) is -1.10. The lowest BCUT2D eigenvalue weighted by Gasteiger charge is -2.30. The van der Waals surface area contributed by atoms with Crippen molar-refractivity contribution in [2.24, 2.45) is 7.05 Å². The van der Waals surface area contributed by atoms with E-state index in [1.54, 1.807) is 54.0 Å². The Labute approximate surface area is 322 Å². The van der Waals surface area contributed by atoms with Gasteiger partial charge in [-0.05, 0) is 47.9 Å². The molecule has 54 heavy (non-hydrogen) atoms. The Morgan fingerprint density at radius 2 is 1.72 bits per heavy atom. The average Bonchev–Trinajstić information content (AvgIpc) is 3.79. The predicted octanol–water partition coefficient (Wildman–Crippen LogP) is 5.75. The maximum Gasteiger partial charge on any atom is 0.407 e. The molecule has 0 bridgehead atoms. The number of carbonyl (C=O) groups is 2. The van der Waals surface area contributed by atoms with Crippen molar-refractivity contribution >= 4 is 55.2 Å². The Balaban J connectivity index is 1.29. The van der Waals surface area contributed by atoms with Gasteiger partial charge in [-0.2, -0.15) is 9.40 Å². The van der Waals surface area contributed by atoms with E-state index in [0.717, 1.165) is 15.8 Å². The standard InChI is InChI=1S/C39H40N6O6S3/c1-26-30(21-44(2)43-26)22-45(54(49,50)32-14-15-33-36(19-32)53-25-41-33)31(23-46)24-52-35-16-17-40-20-29(35)18-34(47)38(42-39(48)51-3)37(27-10-6-4-7-11-27)28-12-8-5-9-13-28/h4-17,19-21,25,31,37-38,46H,18,22-24H2,1-3H3,(H,42,48)/t31-,38-/m1/s1. The van der Waals surface area contributed by atoms with E-state index in [0.29, 0.717) is 27.2 Å². The Morgan fingerprint density at radius 1 is 1.02 bits per heavy atom. The van der Waals surface area contributed by atoms with E-state index in [-0.39, 0.29) is 29.4 Å². The number of Topliss-reactive ketones (excluding diaryl/α,β-unsaturated/α-hetero) is 1. The van der Waals surface area contributed by atoms with Gasteiger partial charge in [-0.25, -0.2) is 18.2 Å². The van der Waals surface area contributed by atoms with E-state index in [2.05, 4.69) is 20.4 Å². The van der Waals surface area contributed by atoms with Crippen molar-refractivity contribution in [3.63, 3.8) is 0 Å². The monoisotopic (exact) mass is 784 g/mol. The number of ether oxygens (including phenoxy) is 1. The lowest BCUT2D eigenvalue weighted by Crippen LogP contribution is -2.46. The van der Waals surface area contributed by atoms with E-state index < -0.39 is 40.7 Å². The molecule has 3 aromatic heterocycles. The summed E-state index contributed by atoms with van der Waals surface area (Å²) >= 11 is 2.67. The van der Waals surface area contributed by atoms with Gasteiger partial charge in [-0.15, -0.1) is 23.1 Å². The summed E-state index contributed by atoms with van der Waals surface area (Å²) in [5.41, 5.74) is 6.01. The number of aryl methyl sites for hydroxylation is 2. The first-order chi connectivity index (χ1) is 26.1. The molecular formula is C39H40N6O6S3. The number of pyridine rings is 1. The molecule has 0 unspecified atom stereocenters. The summed E-state index contributed by atoms with van der Waals surface area (Å²) in [6.07, 6.45) is 4.15. The number of methoxy groups -OCH3 is 1. The molecule has 2 N–H and O–H groups in total. The number of hydrogen-bond donors (Lipinski definition) is 2. The molecule has 280 valence electrons. The second kappa shape index (κ2) is 17.5. The number of carbonyl (C=O) groups excluding carboxylic acids is 2. The van der Waals surface area contributed by atoms with Crippen LogP contribution in [0.2, 0.25) is 0 Å². The molecular weight excluding hydrogens is 745 g/mol. The smallest absolute Gasteiger partial charge is 0.407 e. The van der Waals surface area contributed by atoms with Crippen LogP contribution in [0.4, 0.5) is 4.79 Å². The topological polar surface area (TPSA) is 157 Å². The number of aliphatic hydroxyl groups excluding tert-OH is 1. The molecule has 0 saturated heterocycles. The Hall–Kier alpha value is -4.93. The Morgan fingerprint density at radius 3 is 2.35 bits per heavy atom. The molecule has 0 radical (unpaired) electrons. The van der Waals surface area contributed by atoms with E-state index >= 15 is 0 Å². The number of aromatic nitrogens is 4. The molecule has 3 aromatic carbocycles. The molecule has 0 fully saturated rings. The Bertz CT molecular complexity index is 2280. The number of nitrogens with zero attached hydrogens (tertiary/aromatic N) is 5. The van der Waals surface area contributed by atoms with Gasteiger partial charge >= 0.3 is 6.09 Å². The second-order valence-corrected chi connectivity index (χ2v) is 16.5. The third kappa shape index (κ3) is 8.88. The second-order valence-electron chi connectivity index (χ2n) is 12.6. The fraction of sp³-hybridized carbons (Fsp3) is 0.256. The average molecular weight is 785 g/mol. The lowest BCUT2D eigenvalue weighted by molar-refractivity contribution is -0.120. The van der Waals surface area contributed by atoms with E-state index in [1.807, 2.05) is 67.6 Å². The van der Waals surface area contributed by atoms with Gasteiger partial charge in [0.1, 0.15) is 6.04 Å². The van der Waals surface area contributed by atoms with Crippen LogP contribution in [-0.2, 0) is 39.6 Å². The van der Waals surface area contributed by atoms with Crippen LogP contribution in [0.5, 0.6) is 0 Å². The zero-order valence-corrected chi connectivity index (χ0v) is 32.4. The van der Waals surface area contributed by atoms with Gasteiger partial charge in [0.25, 0.3) is 0 Å². The summed E-state index contributed by atoms with van der Waals surface area (Å²) in [6, 6.07) is 23.7. The minimum absolute atomic E-state index is 0.0164. The molecule has 6 aromatic rings. The summed E-state index contributed by atoms with van der Waals surface area (Å²) in [6.45, 7) is 1.33. The van der Waals surface area contributed by atoms with Crippen molar-refractivity contribution in [3.8, 4) is 0 Å². The number of fused-ring (bicyclic) bond motifs is 1. The number of benzene rings is 3. The van der Waals surface area contributed by atoms with Gasteiger partial charge in [0, 0.05) is 60.7 Å². The van der Waals surface area contributed by atoms with Crippen LogP contribution < -0.4 is 5.32 Å². The number of alkyl carbamates (subject to hydrolysis) is 1. The number of hydrogen-bond acceptors (Lipinski definition) is 11. The number of rotatable bonds is 16. The van der Waals surface area contributed by atoms with Gasteiger partial charge in [0.15, 0.2) is 5.78 Å². The summed E-state index contributed by atoms with van der Waals surface area (Å²) in [5.74, 6) is -0.644. The van der Waals surface area contributed by atoms with Gasteiger partial charge in [0.05, 0.1) is 46.1 Å². The molecule has 1 amide bonds. The molecule has 12 nitrogen and oxygen atoms in total. The SMILES string of the molecule is COC(=O)N[C@H](C(=O)Cc1cnccc1SC[C@@H](CO)N(Cc1cn(C)nc1C)S(=O)(=O)c1ccc2ncsc2c1)C(c1ccccc1)c1ccccc1. The highest BCUT2D eigenvalue weighted by Gasteiger charge is 2.35. The predicted molar refractivity (Wildman–Crippen MR) is 209 cm³/mol. The molecule has 0 aliphatic heterocycles. The molecule has 0 saturated carbocycles. The van der Waals surface area contributed by atoms with Crippen molar-refractivity contribution in [1.82, 2.24) is 29.4 Å². The molecule has 15 heteroatoms. The van der Waals surface area contributed by atoms with Crippen molar-refractivity contribution in [2.45, 2.75) is 47.7 Å². The molecule has 3 heterocycles. The van der Waals surface area contributed by atoms with E-state index in [4.69, 9.17) is 4.74 Å². The highest BCUT2D eigenvalue weighted by Crippen LogP contribution is 2.33. The summed E-state index contributed by atoms with van der Waals surface area (Å²) in [4.78, 5) is 36.4.